The van der Waals surface area contributed by atoms with Crippen molar-refractivity contribution in [2.45, 2.75) is 26.2 Å². The van der Waals surface area contributed by atoms with Crippen LogP contribution in [0.25, 0.3) is 0 Å². The van der Waals surface area contributed by atoms with Crippen LogP contribution in [0, 0.1) is 5.92 Å². The van der Waals surface area contributed by atoms with E-state index < -0.39 is 0 Å². The summed E-state index contributed by atoms with van der Waals surface area (Å²) in [5.41, 5.74) is 0. The van der Waals surface area contributed by atoms with Gasteiger partial charge in [0.25, 0.3) is 0 Å². The van der Waals surface area contributed by atoms with Crippen LogP contribution in [0.15, 0.2) is 35.3 Å². The molecule has 2 rings (SSSR count). The highest BCUT2D eigenvalue weighted by molar-refractivity contribution is 14.0. The van der Waals surface area contributed by atoms with E-state index in [1.165, 1.54) is 32.4 Å². The fourth-order valence-electron chi connectivity index (χ4n) is 2.91. The second-order valence-electron chi connectivity index (χ2n) is 6.38. The third kappa shape index (κ3) is 9.30. The minimum atomic E-state index is 0. The summed E-state index contributed by atoms with van der Waals surface area (Å²) in [7, 11) is 2.21. The van der Waals surface area contributed by atoms with Crippen LogP contribution in [0.5, 0.6) is 5.75 Å². The van der Waals surface area contributed by atoms with E-state index in [0.29, 0.717) is 6.61 Å². The third-order valence-corrected chi connectivity index (χ3v) is 4.40. The zero-order chi connectivity index (χ0) is 17.0. The number of benzene rings is 1. The van der Waals surface area contributed by atoms with Gasteiger partial charge in [0, 0.05) is 13.1 Å². The number of guanidine groups is 1. The highest BCUT2D eigenvalue weighted by atomic mass is 127. The Hall–Kier alpha value is -1.02. The third-order valence-electron chi connectivity index (χ3n) is 4.40. The Morgan fingerprint density at radius 1 is 1.20 bits per heavy atom. The molecule has 142 valence electrons. The van der Waals surface area contributed by atoms with E-state index in [1.54, 1.807) is 0 Å². The van der Waals surface area contributed by atoms with Gasteiger partial charge in [-0.05, 0) is 64.4 Å². The van der Waals surface area contributed by atoms with E-state index in [0.717, 1.165) is 37.3 Å². The Labute approximate surface area is 169 Å². The fraction of sp³-hybridized carbons (Fsp3) is 0.632. The van der Waals surface area contributed by atoms with Gasteiger partial charge in [-0.3, -0.25) is 4.99 Å². The first kappa shape index (κ1) is 22.0. The van der Waals surface area contributed by atoms with Gasteiger partial charge in [0.1, 0.15) is 12.4 Å². The summed E-state index contributed by atoms with van der Waals surface area (Å²) >= 11 is 0. The van der Waals surface area contributed by atoms with Gasteiger partial charge in [0.15, 0.2) is 5.96 Å². The quantitative estimate of drug-likeness (QED) is 0.271. The molecule has 1 fully saturated rings. The number of likely N-dealkylation sites (tertiary alicyclic amines) is 1. The summed E-state index contributed by atoms with van der Waals surface area (Å²) in [6.07, 6.45) is 3.80. The van der Waals surface area contributed by atoms with E-state index in [9.17, 15) is 0 Å². The molecule has 2 N–H and O–H groups in total. The molecule has 5 nitrogen and oxygen atoms in total. The number of para-hydroxylation sites is 1. The van der Waals surface area contributed by atoms with Crippen molar-refractivity contribution in [3.8, 4) is 5.75 Å². The van der Waals surface area contributed by atoms with E-state index in [4.69, 9.17) is 9.73 Å². The van der Waals surface area contributed by atoms with Crippen molar-refractivity contribution in [3.63, 3.8) is 0 Å². The van der Waals surface area contributed by atoms with Crippen molar-refractivity contribution >= 4 is 29.9 Å². The molecule has 0 aliphatic carbocycles. The van der Waals surface area contributed by atoms with Gasteiger partial charge in [-0.2, -0.15) is 0 Å². The van der Waals surface area contributed by atoms with Gasteiger partial charge in [0.05, 0.1) is 6.54 Å². The van der Waals surface area contributed by atoms with Crippen molar-refractivity contribution < 1.29 is 4.74 Å². The normalized spacial score (nSPS) is 16.2. The van der Waals surface area contributed by atoms with Crippen molar-refractivity contribution in [1.29, 1.82) is 0 Å². The van der Waals surface area contributed by atoms with E-state index in [1.807, 2.05) is 30.3 Å². The van der Waals surface area contributed by atoms with Crippen LogP contribution in [0.3, 0.4) is 0 Å². The van der Waals surface area contributed by atoms with Crippen molar-refractivity contribution in [1.82, 2.24) is 15.5 Å². The molecule has 6 heteroatoms. The topological polar surface area (TPSA) is 48.9 Å². The molecule has 1 aromatic rings. The maximum absolute atomic E-state index is 5.69. The van der Waals surface area contributed by atoms with E-state index >= 15 is 0 Å². The minimum absolute atomic E-state index is 0. The molecule has 1 aromatic carbocycles. The smallest absolute Gasteiger partial charge is 0.191 e. The Balaban J connectivity index is 0.00000312. The SMILES string of the molecule is CCNC(=NCCC1CCN(C)CC1)NCCOc1ccccc1.I. The molecular weight excluding hydrogens is 427 g/mol. The fourth-order valence-corrected chi connectivity index (χ4v) is 2.91. The predicted octanol–water partition coefficient (Wildman–Crippen LogP) is 2.97. The monoisotopic (exact) mass is 460 g/mol. The summed E-state index contributed by atoms with van der Waals surface area (Å²) in [6, 6.07) is 9.90. The number of hydrogen-bond acceptors (Lipinski definition) is 3. The largest absolute Gasteiger partial charge is 0.492 e. The highest BCUT2D eigenvalue weighted by Crippen LogP contribution is 2.19. The lowest BCUT2D eigenvalue weighted by Gasteiger charge is -2.28. The van der Waals surface area contributed by atoms with Crippen LogP contribution in [-0.2, 0) is 0 Å². The van der Waals surface area contributed by atoms with Gasteiger partial charge in [-0.15, -0.1) is 24.0 Å². The Kier molecular flexibility index (Phi) is 11.6. The van der Waals surface area contributed by atoms with Gasteiger partial charge in [0.2, 0.25) is 0 Å². The standard InChI is InChI=1S/C19H32N4O.HI/c1-3-20-19(21-12-9-17-10-14-23(2)15-11-17)22-13-16-24-18-7-5-4-6-8-18;/h4-8,17H,3,9-16H2,1-2H3,(H2,20,21,22);1H. The molecule has 0 radical (unpaired) electrons. The van der Waals surface area contributed by atoms with E-state index in [2.05, 4.69) is 29.5 Å². The second kappa shape index (κ2) is 13.2. The molecule has 1 aliphatic rings. The van der Waals surface area contributed by atoms with Crippen LogP contribution in [0.2, 0.25) is 0 Å². The average molecular weight is 460 g/mol. The molecule has 0 atom stereocenters. The maximum atomic E-state index is 5.69. The molecule has 1 saturated heterocycles. The Bertz CT molecular complexity index is 476. The number of halogens is 1. The molecule has 0 unspecified atom stereocenters. The van der Waals surface area contributed by atoms with Crippen LogP contribution >= 0.6 is 24.0 Å². The van der Waals surface area contributed by atoms with Crippen molar-refractivity contribution in [2.24, 2.45) is 10.9 Å². The summed E-state index contributed by atoms with van der Waals surface area (Å²) in [5.74, 6) is 2.62. The van der Waals surface area contributed by atoms with E-state index in [-0.39, 0.29) is 24.0 Å². The lowest BCUT2D eigenvalue weighted by atomic mass is 9.94. The van der Waals surface area contributed by atoms with Gasteiger partial charge in [-0.25, -0.2) is 0 Å². The number of aliphatic imine (C=N–C) groups is 1. The predicted molar refractivity (Wildman–Crippen MR) is 116 cm³/mol. The average Bonchev–Trinajstić information content (AvgIpc) is 2.61. The summed E-state index contributed by atoms with van der Waals surface area (Å²) < 4.78 is 5.69. The van der Waals surface area contributed by atoms with Crippen LogP contribution in [-0.4, -0.2) is 57.2 Å². The zero-order valence-corrected chi connectivity index (χ0v) is 17.9. The highest BCUT2D eigenvalue weighted by Gasteiger charge is 2.15. The van der Waals surface area contributed by atoms with Gasteiger partial charge >= 0.3 is 0 Å². The van der Waals surface area contributed by atoms with Crippen molar-refractivity contribution in [3.05, 3.63) is 30.3 Å². The Morgan fingerprint density at radius 2 is 1.92 bits per heavy atom. The lowest BCUT2D eigenvalue weighted by Crippen LogP contribution is -2.39. The first-order valence-corrected chi connectivity index (χ1v) is 9.16. The zero-order valence-electron chi connectivity index (χ0n) is 15.5. The number of nitrogens with zero attached hydrogens (tertiary/aromatic N) is 2. The molecule has 0 bridgehead atoms. The van der Waals surface area contributed by atoms with Crippen LogP contribution in [0.4, 0.5) is 0 Å². The number of ether oxygens (including phenoxy) is 1. The summed E-state index contributed by atoms with van der Waals surface area (Å²) in [5, 5.41) is 6.64. The van der Waals surface area contributed by atoms with Gasteiger partial charge < -0.3 is 20.3 Å². The molecule has 0 amide bonds. The minimum Gasteiger partial charge on any atom is -0.492 e. The number of piperidine rings is 1. The van der Waals surface area contributed by atoms with Crippen molar-refractivity contribution in [2.75, 3.05) is 46.4 Å². The van der Waals surface area contributed by atoms with Gasteiger partial charge in [-0.1, -0.05) is 18.2 Å². The number of rotatable bonds is 8. The lowest BCUT2D eigenvalue weighted by molar-refractivity contribution is 0.214. The Morgan fingerprint density at radius 3 is 2.60 bits per heavy atom. The molecule has 1 aliphatic heterocycles. The molecule has 25 heavy (non-hydrogen) atoms. The summed E-state index contributed by atoms with van der Waals surface area (Å²) in [4.78, 5) is 7.11. The van der Waals surface area contributed by atoms with Crippen LogP contribution < -0.4 is 15.4 Å². The number of hydrogen-bond donors (Lipinski definition) is 2. The molecule has 0 spiro atoms. The first-order chi connectivity index (χ1) is 11.8. The summed E-state index contributed by atoms with van der Waals surface area (Å²) in [6.45, 7) is 7.68. The molecular formula is C19H33IN4O. The second-order valence-corrected chi connectivity index (χ2v) is 6.38. The maximum Gasteiger partial charge on any atom is 0.191 e. The van der Waals surface area contributed by atoms with Crippen LogP contribution in [0.1, 0.15) is 26.2 Å². The molecule has 0 saturated carbocycles. The molecule has 1 heterocycles. The number of nitrogens with one attached hydrogen (secondary N) is 2. The first-order valence-electron chi connectivity index (χ1n) is 9.16. The molecule has 0 aromatic heterocycles.